The lowest BCUT2D eigenvalue weighted by Crippen LogP contribution is -2.60. The summed E-state index contributed by atoms with van der Waals surface area (Å²) in [6.45, 7) is 13.9. The highest BCUT2D eigenvalue weighted by atomic mass is 32.2. The minimum atomic E-state index is -5.14. The molecular formula is C31H26F5N7O4S. The molecule has 5 rings (SSSR count). The van der Waals surface area contributed by atoms with E-state index in [-0.39, 0.29) is 42.1 Å². The number of halogens is 5. The van der Waals surface area contributed by atoms with Gasteiger partial charge in [-0.15, -0.1) is 0 Å². The van der Waals surface area contributed by atoms with Crippen LogP contribution in [0.1, 0.15) is 18.1 Å². The third-order valence-corrected chi connectivity index (χ3v) is 8.84. The monoisotopic (exact) mass is 687 g/mol. The molecule has 1 saturated heterocycles. The summed E-state index contributed by atoms with van der Waals surface area (Å²) in [5.41, 5.74) is -5.80. The average Bonchev–Trinajstić information content (AvgIpc) is 3.00. The first-order valence-corrected chi connectivity index (χ1v) is 16.1. The van der Waals surface area contributed by atoms with Gasteiger partial charge in [0, 0.05) is 31.6 Å². The van der Waals surface area contributed by atoms with Crippen LogP contribution >= 0.6 is 0 Å². The Bertz CT molecular complexity index is 2200. The molecule has 0 bridgehead atoms. The summed E-state index contributed by atoms with van der Waals surface area (Å²) in [6, 6.07) is 2.67. The molecule has 1 fully saturated rings. The Kier molecular flexibility index (Phi) is 8.82. The van der Waals surface area contributed by atoms with E-state index in [1.807, 2.05) is 0 Å². The third-order valence-electron chi connectivity index (χ3n) is 7.84. The van der Waals surface area contributed by atoms with E-state index in [0.717, 1.165) is 24.5 Å². The Morgan fingerprint density at radius 3 is 2.50 bits per heavy atom. The molecule has 0 spiro atoms. The second-order valence-corrected chi connectivity index (χ2v) is 13.1. The van der Waals surface area contributed by atoms with Gasteiger partial charge in [-0.2, -0.15) is 18.2 Å². The van der Waals surface area contributed by atoms with Crippen LogP contribution in [-0.4, -0.2) is 76.7 Å². The highest BCUT2D eigenvalue weighted by Gasteiger charge is 2.40. The normalized spacial score (nSPS) is 17.0. The predicted molar refractivity (Wildman–Crippen MR) is 165 cm³/mol. The molecule has 0 saturated carbocycles. The molecule has 4 aromatic rings. The summed E-state index contributed by atoms with van der Waals surface area (Å²) in [6.07, 6.45) is -2.06. The minimum absolute atomic E-state index is 0.0259. The van der Waals surface area contributed by atoms with Gasteiger partial charge >= 0.3 is 11.9 Å². The number of pyridine rings is 2. The molecule has 1 aromatic carbocycles. The zero-order valence-corrected chi connectivity index (χ0v) is 26.4. The molecule has 4 heterocycles. The van der Waals surface area contributed by atoms with Gasteiger partial charge in [0.15, 0.2) is 26.3 Å². The second-order valence-electron chi connectivity index (χ2n) is 11.2. The SMILES string of the molecule is [C-]#[N+]C[C@H]1CN(C(=O)C=C)C[C@H](C)N1c1nc(=O)n(-c2c(C)ccnc2S(C)(=O)=O)c2nc(-c3c(F)cccc3C(F)(F)F)c(F)cc12. The number of hydrogen-bond acceptors (Lipinski definition) is 8. The first kappa shape index (κ1) is 34.1. The lowest BCUT2D eigenvalue weighted by atomic mass is 10.0. The van der Waals surface area contributed by atoms with Crippen LogP contribution in [0.25, 0.3) is 32.8 Å². The fraction of sp³-hybridized carbons (Fsp3) is 0.290. The predicted octanol–water partition coefficient (Wildman–Crippen LogP) is 4.36. The molecule has 17 heteroatoms. The molecule has 48 heavy (non-hydrogen) atoms. The van der Waals surface area contributed by atoms with Gasteiger partial charge in [0.25, 0.3) is 0 Å². The Morgan fingerprint density at radius 1 is 1.17 bits per heavy atom. The van der Waals surface area contributed by atoms with Crippen molar-refractivity contribution in [2.24, 2.45) is 0 Å². The van der Waals surface area contributed by atoms with E-state index < -0.39 is 78.8 Å². The molecule has 3 aromatic heterocycles. The number of hydrogen-bond donors (Lipinski definition) is 0. The highest BCUT2D eigenvalue weighted by Crippen LogP contribution is 2.40. The number of carbonyl (C=O) groups is 1. The van der Waals surface area contributed by atoms with E-state index in [4.69, 9.17) is 6.57 Å². The fourth-order valence-electron chi connectivity index (χ4n) is 5.87. The van der Waals surface area contributed by atoms with Crippen LogP contribution in [-0.2, 0) is 20.8 Å². The van der Waals surface area contributed by atoms with Crippen molar-refractivity contribution in [3.8, 4) is 16.9 Å². The van der Waals surface area contributed by atoms with Crippen molar-refractivity contribution in [2.45, 2.75) is 37.1 Å². The molecule has 1 aliphatic rings. The average molecular weight is 688 g/mol. The third kappa shape index (κ3) is 5.99. The second kappa shape index (κ2) is 12.4. The number of aromatic nitrogens is 4. The molecule has 2 atom stereocenters. The van der Waals surface area contributed by atoms with Crippen molar-refractivity contribution in [2.75, 3.05) is 30.8 Å². The number of piperazine rings is 1. The Morgan fingerprint density at radius 2 is 1.88 bits per heavy atom. The van der Waals surface area contributed by atoms with Crippen molar-refractivity contribution in [3.05, 3.63) is 93.8 Å². The van der Waals surface area contributed by atoms with Crippen molar-refractivity contribution in [1.29, 1.82) is 0 Å². The zero-order valence-electron chi connectivity index (χ0n) is 25.6. The number of carbonyl (C=O) groups excluding carboxylic acids is 1. The van der Waals surface area contributed by atoms with Crippen LogP contribution in [0.15, 0.2) is 59.0 Å². The first-order valence-electron chi connectivity index (χ1n) is 14.2. The quantitative estimate of drug-likeness (QED) is 0.167. The van der Waals surface area contributed by atoms with E-state index in [2.05, 4.69) is 26.4 Å². The minimum Gasteiger partial charge on any atom is -0.339 e. The summed E-state index contributed by atoms with van der Waals surface area (Å²) in [7, 11) is -4.16. The topological polar surface area (TPSA) is 123 Å². The molecule has 0 radical (unpaired) electrons. The molecule has 1 amide bonds. The number of amides is 1. The van der Waals surface area contributed by atoms with Crippen molar-refractivity contribution >= 4 is 32.6 Å². The summed E-state index contributed by atoms with van der Waals surface area (Å²) in [5.74, 6) is -3.52. The maximum Gasteiger partial charge on any atom is 0.417 e. The van der Waals surface area contributed by atoms with Crippen molar-refractivity contribution < 1.29 is 35.2 Å². The Balaban J connectivity index is 1.93. The Hall–Kier alpha value is -5.24. The molecule has 250 valence electrons. The molecule has 11 nitrogen and oxygen atoms in total. The number of benzene rings is 1. The molecular weight excluding hydrogens is 661 g/mol. The van der Waals surface area contributed by atoms with Gasteiger partial charge in [-0.05, 0) is 49.8 Å². The number of alkyl halides is 3. The number of aryl methyl sites for hydroxylation is 1. The molecule has 1 aliphatic heterocycles. The van der Waals surface area contributed by atoms with Gasteiger partial charge in [0.1, 0.15) is 23.4 Å². The highest BCUT2D eigenvalue weighted by molar-refractivity contribution is 7.90. The van der Waals surface area contributed by atoms with Gasteiger partial charge in [-0.1, -0.05) is 12.6 Å². The summed E-state index contributed by atoms with van der Waals surface area (Å²) < 4.78 is 99.8. The number of anilines is 1. The fourth-order valence-corrected chi connectivity index (χ4v) is 6.73. The van der Waals surface area contributed by atoms with Gasteiger partial charge in [-0.25, -0.2) is 43.1 Å². The molecule has 0 unspecified atom stereocenters. The maximum atomic E-state index is 16.1. The molecule has 0 N–H and O–H groups in total. The number of nitrogens with zero attached hydrogens (tertiary/aromatic N) is 7. The zero-order chi connectivity index (χ0) is 35.3. The largest absolute Gasteiger partial charge is 0.417 e. The first-order chi connectivity index (χ1) is 22.5. The van der Waals surface area contributed by atoms with E-state index >= 15 is 8.78 Å². The Labute approximate surface area is 270 Å². The standard InChI is InChI=1S/C31H26F5N7O4S/c1-6-23(44)41-14-17(3)42(18(15-41)13-37-4)28-19-12-22(33)25(24-20(31(34,35)36)8-7-9-21(24)32)39-27(19)43(30(45)40-28)26-16(2)10-11-38-29(26)48(5,46)47/h6-12,17-18H,1,13-15H2,2-3,5H3/t17-,18-/m0/s1. The summed E-state index contributed by atoms with van der Waals surface area (Å²) >= 11 is 0. The van der Waals surface area contributed by atoms with Gasteiger partial charge in [0.05, 0.1) is 22.2 Å². The van der Waals surface area contributed by atoms with Gasteiger partial charge in [-0.3, -0.25) is 4.79 Å². The van der Waals surface area contributed by atoms with Gasteiger partial charge < -0.3 is 14.6 Å². The van der Waals surface area contributed by atoms with Crippen LogP contribution in [0.5, 0.6) is 0 Å². The lowest BCUT2D eigenvalue weighted by molar-refractivity contribution is -0.137. The van der Waals surface area contributed by atoms with Crippen LogP contribution in [0.2, 0.25) is 0 Å². The number of fused-ring (bicyclic) bond motifs is 1. The summed E-state index contributed by atoms with van der Waals surface area (Å²) in [5, 5.41) is -0.875. The molecule has 0 aliphatic carbocycles. The van der Waals surface area contributed by atoms with E-state index in [9.17, 15) is 31.2 Å². The smallest absolute Gasteiger partial charge is 0.339 e. The maximum absolute atomic E-state index is 16.1. The van der Waals surface area contributed by atoms with Crippen LogP contribution in [0, 0.1) is 25.1 Å². The number of sulfone groups is 1. The lowest BCUT2D eigenvalue weighted by Gasteiger charge is -2.44. The van der Waals surface area contributed by atoms with Crippen LogP contribution in [0.4, 0.5) is 27.8 Å². The van der Waals surface area contributed by atoms with Crippen molar-refractivity contribution in [1.82, 2.24) is 24.4 Å². The van der Waals surface area contributed by atoms with E-state index in [0.29, 0.717) is 16.7 Å². The van der Waals surface area contributed by atoms with E-state index in [1.54, 1.807) is 6.92 Å². The summed E-state index contributed by atoms with van der Waals surface area (Å²) in [4.78, 5) is 45.1. The van der Waals surface area contributed by atoms with Gasteiger partial charge in [0.2, 0.25) is 12.5 Å². The number of rotatable bonds is 6. The van der Waals surface area contributed by atoms with Crippen LogP contribution < -0.4 is 10.6 Å². The van der Waals surface area contributed by atoms with Crippen LogP contribution in [0.3, 0.4) is 0 Å². The van der Waals surface area contributed by atoms with Crippen molar-refractivity contribution in [3.63, 3.8) is 0 Å². The van der Waals surface area contributed by atoms with E-state index in [1.165, 1.54) is 29.0 Å².